The number of carbonyl (C=O) groups excluding carboxylic acids is 1. The van der Waals surface area contributed by atoms with E-state index in [-0.39, 0.29) is 17.9 Å². The zero-order valence-electron chi connectivity index (χ0n) is 9.60. The Kier molecular flexibility index (Phi) is 6.54. The molecule has 0 aliphatic heterocycles. The lowest BCUT2D eigenvalue weighted by Gasteiger charge is -2.24. The van der Waals surface area contributed by atoms with Gasteiger partial charge in [0.05, 0.1) is 0 Å². The van der Waals surface area contributed by atoms with E-state index in [1.54, 1.807) is 0 Å². The van der Waals surface area contributed by atoms with Gasteiger partial charge in [-0.25, -0.2) is 0 Å². The first-order valence-corrected chi connectivity index (χ1v) is 5.39. The molecule has 2 N–H and O–H groups in total. The lowest BCUT2D eigenvalue weighted by atomic mass is 9.88. The van der Waals surface area contributed by atoms with Crippen molar-refractivity contribution in [1.29, 1.82) is 0 Å². The van der Waals surface area contributed by atoms with Crippen LogP contribution in [0, 0.1) is 5.41 Å². The summed E-state index contributed by atoms with van der Waals surface area (Å²) in [6.07, 6.45) is 3.24. The number of hydrogen-bond acceptors (Lipinski definition) is 2. The van der Waals surface area contributed by atoms with Crippen molar-refractivity contribution in [2.24, 2.45) is 5.41 Å². The monoisotopic (exact) mass is 201 g/mol. The molecular weight excluding hydrogens is 178 g/mol. The quantitative estimate of drug-likeness (QED) is 0.658. The Labute approximate surface area is 86.9 Å². The van der Waals surface area contributed by atoms with Crippen LogP contribution in [-0.2, 0) is 4.79 Å². The van der Waals surface area contributed by atoms with Crippen molar-refractivity contribution in [2.45, 2.75) is 46.5 Å². The summed E-state index contributed by atoms with van der Waals surface area (Å²) in [5.74, 6) is 0.0447. The molecule has 0 saturated carbocycles. The fourth-order valence-electron chi connectivity index (χ4n) is 1.43. The Balaban J connectivity index is 3.64. The SMILES string of the molecule is CCCC(C)(C)CNC(=O)CCCO. The van der Waals surface area contributed by atoms with Gasteiger partial charge in [0.15, 0.2) is 0 Å². The van der Waals surface area contributed by atoms with Crippen LogP contribution >= 0.6 is 0 Å². The summed E-state index contributed by atoms with van der Waals surface area (Å²) in [6.45, 7) is 7.28. The second kappa shape index (κ2) is 6.82. The number of hydrogen-bond donors (Lipinski definition) is 2. The maximum absolute atomic E-state index is 11.2. The molecule has 14 heavy (non-hydrogen) atoms. The van der Waals surface area contributed by atoms with Crippen LogP contribution in [0.1, 0.15) is 46.5 Å². The van der Waals surface area contributed by atoms with Crippen LogP contribution in [-0.4, -0.2) is 24.2 Å². The van der Waals surface area contributed by atoms with Crippen LogP contribution < -0.4 is 5.32 Å². The molecule has 84 valence electrons. The van der Waals surface area contributed by atoms with Crippen molar-refractivity contribution in [1.82, 2.24) is 5.32 Å². The highest BCUT2D eigenvalue weighted by molar-refractivity contribution is 5.75. The molecule has 0 unspecified atom stereocenters. The van der Waals surface area contributed by atoms with Gasteiger partial charge in [0.25, 0.3) is 0 Å². The minimum atomic E-state index is 0.0447. The van der Waals surface area contributed by atoms with Crippen LogP contribution in [0.15, 0.2) is 0 Å². The molecule has 0 spiro atoms. The molecule has 0 aliphatic carbocycles. The molecule has 0 saturated heterocycles. The maximum atomic E-state index is 11.2. The average Bonchev–Trinajstić information content (AvgIpc) is 2.11. The van der Waals surface area contributed by atoms with E-state index in [4.69, 9.17) is 5.11 Å². The van der Waals surface area contributed by atoms with Crippen LogP contribution in [0.4, 0.5) is 0 Å². The molecule has 0 radical (unpaired) electrons. The number of carbonyl (C=O) groups is 1. The maximum Gasteiger partial charge on any atom is 0.220 e. The van der Waals surface area contributed by atoms with Crippen molar-refractivity contribution in [2.75, 3.05) is 13.2 Å². The van der Waals surface area contributed by atoms with Gasteiger partial charge in [-0.15, -0.1) is 0 Å². The van der Waals surface area contributed by atoms with E-state index in [0.717, 1.165) is 19.4 Å². The van der Waals surface area contributed by atoms with E-state index in [0.29, 0.717) is 12.8 Å². The molecular formula is C11H23NO2. The summed E-state index contributed by atoms with van der Waals surface area (Å²) in [5.41, 5.74) is 0.184. The first kappa shape index (κ1) is 13.4. The standard InChI is InChI=1S/C11H23NO2/c1-4-7-11(2,3)9-12-10(14)6-5-8-13/h13H,4-9H2,1-3H3,(H,12,14). The van der Waals surface area contributed by atoms with Gasteiger partial charge >= 0.3 is 0 Å². The fourth-order valence-corrected chi connectivity index (χ4v) is 1.43. The first-order chi connectivity index (χ1) is 6.52. The molecule has 0 rings (SSSR count). The largest absolute Gasteiger partial charge is 0.396 e. The Morgan fingerprint density at radius 3 is 2.57 bits per heavy atom. The predicted octanol–water partition coefficient (Wildman–Crippen LogP) is 1.70. The summed E-state index contributed by atoms with van der Waals surface area (Å²) >= 11 is 0. The van der Waals surface area contributed by atoms with E-state index in [9.17, 15) is 4.79 Å². The molecule has 0 aliphatic rings. The molecule has 0 aromatic carbocycles. The van der Waals surface area contributed by atoms with Gasteiger partial charge in [-0.1, -0.05) is 27.2 Å². The Morgan fingerprint density at radius 2 is 2.07 bits per heavy atom. The molecule has 0 heterocycles. The molecule has 3 nitrogen and oxygen atoms in total. The highest BCUT2D eigenvalue weighted by Gasteiger charge is 2.17. The number of nitrogens with one attached hydrogen (secondary N) is 1. The molecule has 0 bridgehead atoms. The van der Waals surface area contributed by atoms with E-state index < -0.39 is 0 Å². The highest BCUT2D eigenvalue weighted by atomic mass is 16.3. The van der Waals surface area contributed by atoms with E-state index in [1.165, 1.54) is 0 Å². The Bertz CT molecular complexity index is 167. The number of aliphatic hydroxyl groups is 1. The predicted molar refractivity (Wildman–Crippen MR) is 58.0 cm³/mol. The summed E-state index contributed by atoms with van der Waals surface area (Å²) in [4.78, 5) is 11.2. The van der Waals surface area contributed by atoms with E-state index in [1.807, 2.05) is 0 Å². The van der Waals surface area contributed by atoms with Gasteiger partial charge in [0, 0.05) is 19.6 Å². The molecule has 0 fully saturated rings. The average molecular weight is 201 g/mol. The van der Waals surface area contributed by atoms with Crippen LogP contribution in [0.2, 0.25) is 0 Å². The summed E-state index contributed by atoms with van der Waals surface area (Å²) in [7, 11) is 0. The third-order valence-corrected chi connectivity index (χ3v) is 2.25. The topological polar surface area (TPSA) is 49.3 Å². The lowest BCUT2D eigenvalue weighted by molar-refractivity contribution is -0.121. The zero-order valence-corrected chi connectivity index (χ0v) is 9.60. The van der Waals surface area contributed by atoms with Crippen LogP contribution in [0.3, 0.4) is 0 Å². The molecule has 3 heteroatoms. The van der Waals surface area contributed by atoms with Gasteiger partial charge in [-0.2, -0.15) is 0 Å². The summed E-state index contributed by atoms with van der Waals surface area (Å²) in [5, 5.41) is 11.4. The Morgan fingerprint density at radius 1 is 1.43 bits per heavy atom. The Hall–Kier alpha value is -0.570. The highest BCUT2D eigenvalue weighted by Crippen LogP contribution is 2.20. The van der Waals surface area contributed by atoms with E-state index >= 15 is 0 Å². The second-order valence-corrected chi connectivity index (χ2v) is 4.52. The minimum Gasteiger partial charge on any atom is -0.396 e. The second-order valence-electron chi connectivity index (χ2n) is 4.52. The van der Waals surface area contributed by atoms with Gasteiger partial charge in [-0.05, 0) is 18.3 Å². The third-order valence-electron chi connectivity index (χ3n) is 2.25. The van der Waals surface area contributed by atoms with Crippen molar-refractivity contribution >= 4 is 5.91 Å². The van der Waals surface area contributed by atoms with Gasteiger partial charge in [-0.3, -0.25) is 4.79 Å². The van der Waals surface area contributed by atoms with Crippen LogP contribution in [0.25, 0.3) is 0 Å². The van der Waals surface area contributed by atoms with Crippen molar-refractivity contribution in [3.05, 3.63) is 0 Å². The first-order valence-electron chi connectivity index (χ1n) is 5.39. The van der Waals surface area contributed by atoms with Crippen molar-refractivity contribution in [3.63, 3.8) is 0 Å². The molecule has 0 aromatic heterocycles. The normalized spacial score (nSPS) is 11.4. The molecule has 0 atom stereocenters. The van der Waals surface area contributed by atoms with Crippen LogP contribution in [0.5, 0.6) is 0 Å². The minimum absolute atomic E-state index is 0.0447. The molecule has 0 aromatic rings. The zero-order chi connectivity index (χ0) is 11.0. The van der Waals surface area contributed by atoms with Gasteiger partial charge in [0.1, 0.15) is 0 Å². The van der Waals surface area contributed by atoms with Crippen molar-refractivity contribution < 1.29 is 9.90 Å². The third kappa shape index (κ3) is 6.89. The number of amides is 1. The number of aliphatic hydroxyl groups excluding tert-OH is 1. The van der Waals surface area contributed by atoms with Gasteiger partial charge in [0.2, 0.25) is 5.91 Å². The fraction of sp³-hybridized carbons (Fsp3) is 0.909. The lowest BCUT2D eigenvalue weighted by Crippen LogP contribution is -2.33. The summed E-state index contributed by atoms with van der Waals surface area (Å²) < 4.78 is 0. The summed E-state index contributed by atoms with van der Waals surface area (Å²) in [6, 6.07) is 0. The smallest absolute Gasteiger partial charge is 0.220 e. The van der Waals surface area contributed by atoms with E-state index in [2.05, 4.69) is 26.1 Å². The van der Waals surface area contributed by atoms with Crippen molar-refractivity contribution in [3.8, 4) is 0 Å². The van der Waals surface area contributed by atoms with Gasteiger partial charge < -0.3 is 10.4 Å². The number of rotatable bonds is 7. The molecule has 1 amide bonds.